The van der Waals surface area contributed by atoms with Crippen molar-refractivity contribution < 1.29 is 9.47 Å². The third kappa shape index (κ3) is 8.81. The second-order valence-corrected chi connectivity index (χ2v) is 8.33. The van der Waals surface area contributed by atoms with E-state index in [9.17, 15) is 0 Å². The Hall–Kier alpha value is -1.40. The summed E-state index contributed by atoms with van der Waals surface area (Å²) in [6.07, 6.45) is 3.01. The lowest BCUT2D eigenvalue weighted by Gasteiger charge is -2.23. The average molecular weight is 382 g/mol. The fraction of sp³-hybridized carbons (Fsp3) is 0.650. The number of nitrogens with one attached hydrogen (secondary N) is 2. The van der Waals surface area contributed by atoms with Crippen LogP contribution in [0.1, 0.15) is 38.3 Å². The lowest BCUT2D eigenvalue weighted by atomic mass is 10.1. The molecule has 0 radical (unpaired) electrons. The van der Waals surface area contributed by atoms with Crippen molar-refractivity contribution in [3.05, 3.63) is 29.3 Å². The van der Waals surface area contributed by atoms with Crippen LogP contribution in [0.15, 0.2) is 23.2 Å². The lowest BCUT2D eigenvalue weighted by Crippen LogP contribution is -2.43. The van der Waals surface area contributed by atoms with Crippen LogP contribution in [0.2, 0.25) is 0 Å². The maximum Gasteiger partial charge on any atom is 0.191 e. The van der Waals surface area contributed by atoms with Gasteiger partial charge in [0.25, 0.3) is 0 Å². The normalized spacial score (nSPS) is 12.2. The third-order valence-corrected chi connectivity index (χ3v) is 5.21. The van der Waals surface area contributed by atoms with Gasteiger partial charge in [-0.25, -0.2) is 4.99 Å². The highest BCUT2D eigenvalue weighted by Gasteiger charge is 2.16. The molecule has 0 saturated carbocycles. The Labute approximate surface area is 163 Å². The zero-order chi connectivity index (χ0) is 19.4. The first-order chi connectivity index (χ1) is 12.4. The molecule has 1 rings (SSSR count). The number of aryl methyl sites for hydroxylation is 1. The van der Waals surface area contributed by atoms with E-state index in [1.807, 2.05) is 11.8 Å². The molecule has 2 N–H and O–H groups in total. The summed E-state index contributed by atoms with van der Waals surface area (Å²) in [6, 6.07) is 6.28. The molecule has 1 aromatic carbocycles. The SMILES string of the molecule is CCNC(=NCc1ccc(C)cc1OCCCOC)NCC(C)(C)SC. The number of methoxy groups -OCH3 is 1. The minimum Gasteiger partial charge on any atom is -0.493 e. The van der Waals surface area contributed by atoms with Crippen molar-refractivity contribution in [3.63, 3.8) is 0 Å². The van der Waals surface area contributed by atoms with Crippen molar-refractivity contribution in [2.24, 2.45) is 4.99 Å². The van der Waals surface area contributed by atoms with Gasteiger partial charge in [0, 0.05) is 43.5 Å². The van der Waals surface area contributed by atoms with Gasteiger partial charge in [-0.05, 0) is 45.6 Å². The summed E-state index contributed by atoms with van der Waals surface area (Å²) in [7, 11) is 1.71. The number of hydrogen-bond acceptors (Lipinski definition) is 4. The Morgan fingerprint density at radius 1 is 1.23 bits per heavy atom. The predicted octanol–water partition coefficient (Wildman–Crippen LogP) is 3.61. The van der Waals surface area contributed by atoms with E-state index < -0.39 is 0 Å². The molecular weight excluding hydrogens is 346 g/mol. The highest BCUT2D eigenvalue weighted by atomic mass is 32.2. The number of nitrogens with zero attached hydrogens (tertiary/aromatic N) is 1. The number of guanidine groups is 1. The van der Waals surface area contributed by atoms with Crippen molar-refractivity contribution in [2.75, 3.05) is 39.7 Å². The second kappa shape index (κ2) is 12.1. The molecule has 148 valence electrons. The monoisotopic (exact) mass is 381 g/mol. The van der Waals surface area contributed by atoms with Gasteiger partial charge in [0.15, 0.2) is 5.96 Å². The van der Waals surface area contributed by atoms with Crippen molar-refractivity contribution in [1.29, 1.82) is 0 Å². The van der Waals surface area contributed by atoms with Crippen molar-refractivity contribution >= 4 is 17.7 Å². The maximum absolute atomic E-state index is 5.95. The summed E-state index contributed by atoms with van der Waals surface area (Å²) in [5.74, 6) is 1.74. The number of ether oxygens (including phenoxy) is 2. The van der Waals surface area contributed by atoms with E-state index in [1.165, 1.54) is 5.56 Å². The molecule has 0 aliphatic carbocycles. The van der Waals surface area contributed by atoms with Gasteiger partial charge in [-0.2, -0.15) is 11.8 Å². The number of benzene rings is 1. The molecule has 0 spiro atoms. The Bertz CT molecular complexity index is 562. The maximum atomic E-state index is 5.95. The first-order valence-corrected chi connectivity index (χ1v) is 10.4. The van der Waals surface area contributed by atoms with Gasteiger partial charge >= 0.3 is 0 Å². The standard InChI is InChI=1S/C20H35N3O2S/c1-7-21-19(23-15-20(3,4)26-6)22-14-17-10-9-16(2)13-18(17)25-12-8-11-24-5/h9-10,13H,7-8,11-12,14-15H2,1-6H3,(H2,21,22,23). The summed E-state index contributed by atoms with van der Waals surface area (Å²) in [5.41, 5.74) is 2.28. The molecule has 0 heterocycles. The minimum absolute atomic E-state index is 0.162. The van der Waals surface area contributed by atoms with E-state index >= 15 is 0 Å². The van der Waals surface area contributed by atoms with Crippen molar-refractivity contribution in [2.45, 2.75) is 45.4 Å². The summed E-state index contributed by atoms with van der Waals surface area (Å²) in [6.45, 7) is 12.2. The molecule has 0 fully saturated rings. The molecule has 1 aromatic rings. The second-order valence-electron chi connectivity index (χ2n) is 6.82. The van der Waals surface area contributed by atoms with Crippen LogP contribution in [-0.4, -0.2) is 50.4 Å². The molecule has 26 heavy (non-hydrogen) atoms. The van der Waals surface area contributed by atoms with Gasteiger partial charge < -0.3 is 20.1 Å². The quantitative estimate of drug-likeness (QED) is 0.348. The topological polar surface area (TPSA) is 54.9 Å². The summed E-state index contributed by atoms with van der Waals surface area (Å²) >= 11 is 1.84. The first-order valence-electron chi connectivity index (χ1n) is 9.20. The zero-order valence-electron chi connectivity index (χ0n) is 17.1. The number of aliphatic imine (C=N–C) groups is 1. The molecule has 0 aliphatic rings. The Morgan fingerprint density at radius 2 is 2.00 bits per heavy atom. The lowest BCUT2D eigenvalue weighted by molar-refractivity contribution is 0.172. The Morgan fingerprint density at radius 3 is 2.65 bits per heavy atom. The zero-order valence-corrected chi connectivity index (χ0v) is 18.0. The largest absolute Gasteiger partial charge is 0.493 e. The van der Waals surface area contributed by atoms with Crippen LogP contribution >= 0.6 is 11.8 Å². The van der Waals surface area contributed by atoms with E-state index in [-0.39, 0.29) is 4.75 Å². The third-order valence-electron chi connectivity index (χ3n) is 3.96. The van der Waals surface area contributed by atoms with E-state index in [2.05, 4.69) is 62.8 Å². The average Bonchev–Trinajstić information content (AvgIpc) is 2.62. The highest BCUT2D eigenvalue weighted by Crippen LogP contribution is 2.22. The minimum atomic E-state index is 0.162. The van der Waals surface area contributed by atoms with Crippen LogP contribution in [0, 0.1) is 6.92 Å². The van der Waals surface area contributed by atoms with Crippen LogP contribution in [-0.2, 0) is 11.3 Å². The molecule has 0 atom stereocenters. The van der Waals surface area contributed by atoms with Crippen molar-refractivity contribution in [3.8, 4) is 5.75 Å². The van der Waals surface area contributed by atoms with Crippen LogP contribution in [0.4, 0.5) is 0 Å². The summed E-state index contributed by atoms with van der Waals surface area (Å²) < 4.78 is 11.2. The fourth-order valence-corrected chi connectivity index (χ4v) is 2.40. The van der Waals surface area contributed by atoms with Crippen molar-refractivity contribution in [1.82, 2.24) is 10.6 Å². The molecule has 0 aromatic heterocycles. The van der Waals surface area contributed by atoms with Gasteiger partial charge in [-0.15, -0.1) is 0 Å². The molecule has 0 saturated heterocycles. The van der Waals surface area contributed by atoms with Gasteiger partial charge in [0.2, 0.25) is 0 Å². The van der Waals surface area contributed by atoms with Crippen LogP contribution in [0.3, 0.4) is 0 Å². The molecule has 0 bridgehead atoms. The summed E-state index contributed by atoms with van der Waals surface area (Å²) in [5, 5.41) is 6.75. The van der Waals surface area contributed by atoms with Crippen LogP contribution in [0.5, 0.6) is 5.75 Å². The summed E-state index contributed by atoms with van der Waals surface area (Å²) in [4.78, 5) is 4.74. The molecule has 6 heteroatoms. The molecule has 0 amide bonds. The molecule has 0 aliphatic heterocycles. The molecule has 0 unspecified atom stereocenters. The number of rotatable bonds is 11. The van der Waals surface area contributed by atoms with E-state index in [0.717, 1.165) is 36.8 Å². The van der Waals surface area contributed by atoms with Gasteiger partial charge in [-0.1, -0.05) is 12.1 Å². The van der Waals surface area contributed by atoms with Gasteiger partial charge in [0.1, 0.15) is 5.75 Å². The smallest absolute Gasteiger partial charge is 0.191 e. The molecular formula is C20H35N3O2S. The predicted molar refractivity (Wildman–Crippen MR) is 114 cm³/mol. The van der Waals surface area contributed by atoms with E-state index in [0.29, 0.717) is 19.8 Å². The first kappa shape index (κ1) is 22.6. The fourth-order valence-electron chi connectivity index (χ4n) is 2.19. The van der Waals surface area contributed by atoms with Crippen LogP contribution < -0.4 is 15.4 Å². The van der Waals surface area contributed by atoms with Gasteiger partial charge in [0.05, 0.1) is 13.2 Å². The Balaban J connectivity index is 2.77. The number of thioether (sulfide) groups is 1. The highest BCUT2D eigenvalue weighted by molar-refractivity contribution is 7.99. The molecule has 5 nitrogen and oxygen atoms in total. The van der Waals surface area contributed by atoms with Crippen LogP contribution in [0.25, 0.3) is 0 Å². The van der Waals surface area contributed by atoms with E-state index in [1.54, 1.807) is 7.11 Å². The van der Waals surface area contributed by atoms with E-state index in [4.69, 9.17) is 14.5 Å². The number of hydrogen-bond donors (Lipinski definition) is 2. The van der Waals surface area contributed by atoms with Gasteiger partial charge in [-0.3, -0.25) is 0 Å². The Kier molecular flexibility index (Phi) is 10.5.